The van der Waals surface area contributed by atoms with Gasteiger partial charge in [0.15, 0.2) is 6.20 Å². The molecular weight excluding hydrogens is 238 g/mol. The molecule has 1 heterocycles. The van der Waals surface area contributed by atoms with Crippen molar-refractivity contribution < 1.29 is 24.1 Å². The van der Waals surface area contributed by atoms with Gasteiger partial charge < -0.3 is 19.8 Å². The van der Waals surface area contributed by atoms with Crippen LogP contribution >= 0.6 is 0 Å². The second kappa shape index (κ2) is 6.61. The van der Waals surface area contributed by atoms with Gasteiger partial charge in [-0.3, -0.25) is 0 Å². The van der Waals surface area contributed by atoms with Gasteiger partial charge in [-0.2, -0.15) is 4.73 Å². The van der Waals surface area contributed by atoms with Gasteiger partial charge in [0.05, 0.1) is 20.3 Å². The fourth-order valence-corrected chi connectivity index (χ4v) is 1.39. The van der Waals surface area contributed by atoms with Crippen LogP contribution in [-0.4, -0.2) is 25.3 Å². The lowest BCUT2D eigenvalue weighted by Gasteiger charge is -2.12. The minimum Gasteiger partial charge on any atom is -0.618 e. The average Bonchev–Trinajstić information content (AvgIpc) is 2.38. The van der Waals surface area contributed by atoms with Crippen LogP contribution in [0.2, 0.25) is 0 Å². The molecular formula is C12H15NO5. The first kappa shape index (κ1) is 14.0. The number of methoxy groups -OCH3 is 2. The van der Waals surface area contributed by atoms with Crippen molar-refractivity contribution in [3.63, 3.8) is 0 Å². The molecule has 0 unspecified atom stereocenters. The Kier molecular flexibility index (Phi) is 5.13. The van der Waals surface area contributed by atoms with Crippen molar-refractivity contribution in [2.45, 2.75) is 12.5 Å². The van der Waals surface area contributed by atoms with Crippen LogP contribution < -0.4 is 4.73 Å². The van der Waals surface area contributed by atoms with Crippen LogP contribution in [0, 0.1) is 5.21 Å². The Morgan fingerprint density at radius 1 is 1.50 bits per heavy atom. The lowest BCUT2D eigenvalue weighted by Crippen LogP contribution is -2.32. The van der Waals surface area contributed by atoms with E-state index < -0.39 is 12.1 Å². The monoisotopic (exact) mass is 253 g/mol. The quantitative estimate of drug-likeness (QED) is 0.271. The highest BCUT2D eigenvalue weighted by Crippen LogP contribution is 2.18. The Labute approximate surface area is 105 Å². The van der Waals surface area contributed by atoms with Gasteiger partial charge in [0.2, 0.25) is 5.69 Å². The molecule has 0 saturated carbocycles. The summed E-state index contributed by atoms with van der Waals surface area (Å²) in [6.07, 6.45) is 1.37. The van der Waals surface area contributed by atoms with Crippen LogP contribution in [0.4, 0.5) is 0 Å². The molecule has 6 heteroatoms. The van der Waals surface area contributed by atoms with Crippen molar-refractivity contribution in [2.75, 3.05) is 14.2 Å². The average molecular weight is 253 g/mol. The molecule has 1 aromatic heterocycles. The second-order valence-corrected chi connectivity index (χ2v) is 3.51. The highest BCUT2D eigenvalue weighted by atomic mass is 16.5. The fraction of sp³-hybridized carbons (Fsp3) is 0.333. The molecule has 0 aliphatic heterocycles. The maximum Gasteiger partial charge on any atom is 0.333 e. The first-order chi connectivity index (χ1) is 8.58. The molecule has 18 heavy (non-hydrogen) atoms. The van der Waals surface area contributed by atoms with Crippen LogP contribution in [0.5, 0.6) is 0 Å². The third kappa shape index (κ3) is 3.74. The number of aliphatic hydroxyl groups is 1. The summed E-state index contributed by atoms with van der Waals surface area (Å²) in [5.74, 6) is -0.347. The Bertz CT molecular complexity index is 444. The lowest BCUT2D eigenvalue weighted by molar-refractivity contribution is -0.618. The van der Waals surface area contributed by atoms with Gasteiger partial charge in [-0.25, -0.2) is 4.79 Å². The number of aliphatic hydroxyl groups excluding tert-OH is 1. The molecule has 1 atom stereocenters. The molecule has 0 radical (unpaired) electrons. The maximum atomic E-state index is 11.4. The summed E-state index contributed by atoms with van der Waals surface area (Å²) < 4.78 is 9.96. The van der Waals surface area contributed by atoms with Crippen LogP contribution in [0.1, 0.15) is 18.2 Å². The van der Waals surface area contributed by atoms with Crippen molar-refractivity contribution in [3.8, 4) is 0 Å². The molecule has 0 spiro atoms. The number of esters is 1. The third-order valence-electron chi connectivity index (χ3n) is 2.33. The Morgan fingerprint density at radius 2 is 2.22 bits per heavy atom. The molecule has 6 nitrogen and oxygen atoms in total. The van der Waals surface area contributed by atoms with Gasteiger partial charge >= 0.3 is 5.97 Å². The Balaban J connectivity index is 2.80. The highest BCUT2D eigenvalue weighted by Gasteiger charge is 2.19. The summed E-state index contributed by atoms with van der Waals surface area (Å²) in [5, 5.41) is 21.3. The number of aromatic nitrogens is 1. The SMILES string of the molecule is COC(=O)/C=C(/C[C@H](O)c1cccc[n+]1[O-])OC. The number of hydrogen-bond acceptors (Lipinski definition) is 5. The zero-order valence-corrected chi connectivity index (χ0v) is 10.2. The minimum atomic E-state index is -1.06. The summed E-state index contributed by atoms with van der Waals surface area (Å²) in [7, 11) is 2.61. The number of carbonyl (C=O) groups is 1. The smallest absolute Gasteiger partial charge is 0.333 e. The molecule has 0 bridgehead atoms. The van der Waals surface area contributed by atoms with E-state index >= 15 is 0 Å². The van der Waals surface area contributed by atoms with E-state index in [9.17, 15) is 15.1 Å². The van der Waals surface area contributed by atoms with Gasteiger partial charge in [-0.15, -0.1) is 0 Å². The van der Waals surface area contributed by atoms with E-state index in [1.165, 1.54) is 26.5 Å². The van der Waals surface area contributed by atoms with E-state index in [2.05, 4.69) is 4.74 Å². The van der Waals surface area contributed by atoms with Gasteiger partial charge in [0, 0.05) is 18.6 Å². The molecule has 0 aliphatic carbocycles. The van der Waals surface area contributed by atoms with Gasteiger partial charge in [-0.05, 0) is 6.07 Å². The molecule has 0 saturated heterocycles. The summed E-state index contributed by atoms with van der Waals surface area (Å²) >= 11 is 0. The van der Waals surface area contributed by atoms with E-state index in [1.54, 1.807) is 12.1 Å². The van der Waals surface area contributed by atoms with Crippen molar-refractivity contribution in [1.82, 2.24) is 0 Å². The third-order valence-corrected chi connectivity index (χ3v) is 2.33. The predicted molar refractivity (Wildman–Crippen MR) is 62.1 cm³/mol. The van der Waals surface area contributed by atoms with Crippen LogP contribution in [-0.2, 0) is 14.3 Å². The molecule has 98 valence electrons. The molecule has 0 aliphatic rings. The number of ether oxygens (including phenoxy) is 2. The Hall–Kier alpha value is -2.08. The van der Waals surface area contributed by atoms with Crippen LogP contribution in [0.25, 0.3) is 0 Å². The van der Waals surface area contributed by atoms with Gasteiger partial charge in [-0.1, -0.05) is 0 Å². The van der Waals surface area contributed by atoms with Gasteiger partial charge in [0.1, 0.15) is 11.9 Å². The van der Waals surface area contributed by atoms with Crippen LogP contribution in [0.15, 0.2) is 36.2 Å². The highest BCUT2D eigenvalue weighted by molar-refractivity contribution is 5.82. The fourth-order valence-electron chi connectivity index (χ4n) is 1.39. The molecule has 0 aromatic carbocycles. The number of hydrogen-bond donors (Lipinski definition) is 1. The summed E-state index contributed by atoms with van der Waals surface area (Å²) in [5.41, 5.74) is 0.185. The van der Waals surface area contributed by atoms with Crippen molar-refractivity contribution in [1.29, 1.82) is 0 Å². The van der Waals surface area contributed by atoms with E-state index in [-0.39, 0.29) is 17.9 Å². The Morgan fingerprint density at radius 3 is 2.78 bits per heavy atom. The molecule has 0 fully saturated rings. The van der Waals surface area contributed by atoms with Crippen LogP contribution in [0.3, 0.4) is 0 Å². The maximum absolute atomic E-state index is 11.4. The van der Waals surface area contributed by atoms with E-state index in [1.807, 2.05) is 0 Å². The van der Waals surface area contributed by atoms with Gasteiger partial charge in [0.25, 0.3) is 0 Å². The summed E-state index contributed by atoms with van der Waals surface area (Å²) in [6, 6.07) is 4.71. The second-order valence-electron chi connectivity index (χ2n) is 3.51. The number of nitrogens with zero attached hydrogens (tertiary/aromatic N) is 1. The van der Waals surface area contributed by atoms with E-state index in [0.29, 0.717) is 4.73 Å². The van der Waals surface area contributed by atoms with Crippen molar-refractivity contribution in [2.24, 2.45) is 0 Å². The first-order valence-electron chi connectivity index (χ1n) is 5.27. The number of carbonyl (C=O) groups excluding carboxylic acids is 1. The summed E-state index contributed by atoms with van der Waals surface area (Å²) in [6.45, 7) is 0. The summed E-state index contributed by atoms with van der Waals surface area (Å²) in [4.78, 5) is 11.0. The topological polar surface area (TPSA) is 82.7 Å². The number of rotatable bonds is 5. The van der Waals surface area contributed by atoms with E-state index in [0.717, 1.165) is 6.08 Å². The van der Waals surface area contributed by atoms with Crippen molar-refractivity contribution in [3.05, 3.63) is 47.1 Å². The van der Waals surface area contributed by atoms with Crippen molar-refractivity contribution >= 4 is 5.97 Å². The first-order valence-corrected chi connectivity index (χ1v) is 5.27. The zero-order valence-electron chi connectivity index (χ0n) is 10.2. The molecule has 1 N–H and O–H groups in total. The largest absolute Gasteiger partial charge is 0.618 e. The minimum absolute atomic E-state index is 0.0118. The van der Waals surface area contributed by atoms with E-state index in [4.69, 9.17) is 4.74 Å². The molecule has 1 rings (SSSR count). The number of pyridine rings is 1. The molecule has 0 amide bonds. The predicted octanol–water partition coefficient (Wildman–Crippen LogP) is 0.447. The molecule has 1 aromatic rings. The standard InChI is InChI=1S/C12H15NO5/c1-17-9(8-12(15)18-2)7-11(14)10-5-3-4-6-13(10)16/h3-6,8,11,14H,7H2,1-2H3/b9-8-/t11-/m0/s1. The normalized spacial score (nSPS) is 12.9. The lowest BCUT2D eigenvalue weighted by atomic mass is 10.1. The zero-order chi connectivity index (χ0) is 13.5.